The van der Waals surface area contributed by atoms with Crippen molar-refractivity contribution in [1.29, 1.82) is 0 Å². The summed E-state index contributed by atoms with van der Waals surface area (Å²) >= 11 is 0. The molecule has 0 bridgehead atoms. The van der Waals surface area contributed by atoms with Crippen molar-refractivity contribution in [2.45, 2.75) is 31.5 Å². The molecule has 0 aromatic heterocycles. The van der Waals surface area contributed by atoms with Crippen molar-refractivity contribution in [3.05, 3.63) is 35.9 Å². The fourth-order valence-electron chi connectivity index (χ4n) is 2.09. The lowest BCUT2D eigenvalue weighted by atomic mass is 10.1. The average molecular weight is 376 g/mol. The molecule has 2 amide bonds. The molecule has 9 heteroatoms. The standard InChI is InChI=1S/C16H25N3O5.ClH/c17-14(15(22)18-9-13(21)11-20)7-4-8-19(16(23)24)10-12-5-2-1-3-6-12;/h1-3,5-6,13-14,20-21H,4,7-11,17H2,(H,18,22)(H,23,24);1H/t13?,14-;/m0./s1. The topological polar surface area (TPSA) is 136 Å². The van der Waals surface area contributed by atoms with E-state index >= 15 is 0 Å². The van der Waals surface area contributed by atoms with Crippen LogP contribution >= 0.6 is 12.4 Å². The molecule has 1 rings (SSSR count). The largest absolute Gasteiger partial charge is 0.465 e. The summed E-state index contributed by atoms with van der Waals surface area (Å²) in [6, 6.07) is 8.46. The summed E-state index contributed by atoms with van der Waals surface area (Å²) in [4.78, 5) is 24.3. The molecule has 0 aliphatic rings. The lowest BCUT2D eigenvalue weighted by Crippen LogP contribution is -2.44. The second-order valence-electron chi connectivity index (χ2n) is 5.52. The smallest absolute Gasteiger partial charge is 0.407 e. The second kappa shape index (κ2) is 12.5. The van der Waals surface area contributed by atoms with Crippen molar-refractivity contribution >= 4 is 24.4 Å². The minimum atomic E-state index is -1.03. The summed E-state index contributed by atoms with van der Waals surface area (Å²) in [6.07, 6.45) is -1.28. The molecule has 142 valence electrons. The second-order valence-corrected chi connectivity index (χ2v) is 5.52. The minimum absolute atomic E-state index is 0. The highest BCUT2D eigenvalue weighted by Gasteiger charge is 2.17. The van der Waals surface area contributed by atoms with Gasteiger partial charge >= 0.3 is 6.09 Å². The van der Waals surface area contributed by atoms with E-state index < -0.39 is 30.8 Å². The van der Waals surface area contributed by atoms with Crippen molar-refractivity contribution in [3.63, 3.8) is 0 Å². The Labute approximate surface area is 153 Å². The molecular formula is C16H26ClN3O5. The Morgan fingerprint density at radius 2 is 1.88 bits per heavy atom. The first kappa shape index (κ1) is 23.1. The lowest BCUT2D eigenvalue weighted by Gasteiger charge is -2.20. The van der Waals surface area contributed by atoms with Crippen LogP contribution in [0.4, 0.5) is 4.79 Å². The maximum absolute atomic E-state index is 11.7. The van der Waals surface area contributed by atoms with Crippen LogP contribution in [0.25, 0.3) is 0 Å². The Balaban J connectivity index is 0.00000576. The van der Waals surface area contributed by atoms with Crippen LogP contribution in [0.3, 0.4) is 0 Å². The van der Waals surface area contributed by atoms with Crippen LogP contribution in [0.5, 0.6) is 0 Å². The normalized spacial score (nSPS) is 12.6. The molecule has 6 N–H and O–H groups in total. The van der Waals surface area contributed by atoms with Gasteiger partial charge in [-0.25, -0.2) is 4.79 Å². The summed E-state index contributed by atoms with van der Waals surface area (Å²) in [6.45, 7) is 0.0334. The molecule has 0 saturated carbocycles. The molecule has 2 atom stereocenters. The van der Waals surface area contributed by atoms with E-state index in [0.29, 0.717) is 12.8 Å². The number of halogens is 1. The number of hydrogen-bond donors (Lipinski definition) is 5. The first-order valence-corrected chi connectivity index (χ1v) is 7.78. The van der Waals surface area contributed by atoms with E-state index in [4.69, 9.17) is 15.9 Å². The first-order chi connectivity index (χ1) is 11.4. The van der Waals surface area contributed by atoms with Gasteiger partial charge in [-0.3, -0.25) is 4.79 Å². The minimum Gasteiger partial charge on any atom is -0.465 e. The van der Waals surface area contributed by atoms with Crippen molar-refractivity contribution in [2.75, 3.05) is 19.7 Å². The Morgan fingerprint density at radius 1 is 1.24 bits per heavy atom. The van der Waals surface area contributed by atoms with Gasteiger partial charge in [0, 0.05) is 19.6 Å². The third-order valence-electron chi connectivity index (χ3n) is 3.49. The molecule has 0 aliphatic carbocycles. The van der Waals surface area contributed by atoms with Crippen molar-refractivity contribution in [2.24, 2.45) is 5.73 Å². The van der Waals surface area contributed by atoms with E-state index in [0.717, 1.165) is 5.56 Å². The number of carbonyl (C=O) groups excluding carboxylic acids is 1. The number of nitrogens with two attached hydrogens (primary N) is 1. The third-order valence-corrected chi connectivity index (χ3v) is 3.49. The number of benzene rings is 1. The van der Waals surface area contributed by atoms with Gasteiger partial charge in [0.1, 0.15) is 0 Å². The van der Waals surface area contributed by atoms with Crippen LogP contribution in [-0.4, -0.2) is 64.1 Å². The van der Waals surface area contributed by atoms with E-state index in [9.17, 15) is 14.7 Å². The molecule has 0 heterocycles. The van der Waals surface area contributed by atoms with E-state index in [1.54, 1.807) is 0 Å². The van der Waals surface area contributed by atoms with Crippen LogP contribution in [-0.2, 0) is 11.3 Å². The maximum Gasteiger partial charge on any atom is 0.407 e. The number of carboxylic acid groups (broad SMARTS) is 1. The zero-order chi connectivity index (χ0) is 17.9. The Kier molecular flexibility index (Phi) is 11.6. The number of amides is 2. The van der Waals surface area contributed by atoms with E-state index in [2.05, 4.69) is 5.32 Å². The monoisotopic (exact) mass is 375 g/mol. The quantitative estimate of drug-likeness (QED) is 0.395. The lowest BCUT2D eigenvalue weighted by molar-refractivity contribution is -0.123. The molecule has 8 nitrogen and oxygen atoms in total. The average Bonchev–Trinajstić information content (AvgIpc) is 2.58. The van der Waals surface area contributed by atoms with Gasteiger partial charge in [0.25, 0.3) is 0 Å². The number of rotatable bonds is 10. The number of aliphatic hydroxyl groups is 2. The zero-order valence-electron chi connectivity index (χ0n) is 13.9. The molecule has 0 spiro atoms. The molecular weight excluding hydrogens is 350 g/mol. The summed E-state index contributed by atoms with van der Waals surface area (Å²) in [7, 11) is 0. The zero-order valence-corrected chi connectivity index (χ0v) is 14.7. The first-order valence-electron chi connectivity index (χ1n) is 7.78. The molecule has 1 unspecified atom stereocenters. The van der Waals surface area contributed by atoms with Crippen molar-refractivity contribution in [3.8, 4) is 0 Å². The SMILES string of the molecule is Cl.N[C@@H](CCCN(Cc1ccccc1)C(=O)O)C(=O)NCC(O)CO. The maximum atomic E-state index is 11.7. The van der Waals surface area contributed by atoms with Crippen molar-refractivity contribution in [1.82, 2.24) is 10.2 Å². The Bertz CT molecular complexity index is 518. The molecule has 1 aromatic carbocycles. The summed E-state index contributed by atoms with van der Waals surface area (Å²) in [5.41, 5.74) is 6.63. The predicted molar refractivity (Wildman–Crippen MR) is 95.4 cm³/mol. The van der Waals surface area contributed by atoms with Gasteiger partial charge in [0.2, 0.25) is 5.91 Å². The van der Waals surface area contributed by atoms with E-state index in [1.165, 1.54) is 4.90 Å². The Morgan fingerprint density at radius 3 is 2.44 bits per heavy atom. The number of nitrogens with one attached hydrogen (secondary N) is 1. The van der Waals surface area contributed by atoms with Gasteiger partial charge in [-0.1, -0.05) is 30.3 Å². The third kappa shape index (κ3) is 9.25. The van der Waals surface area contributed by atoms with Gasteiger partial charge in [0.15, 0.2) is 0 Å². The summed E-state index contributed by atoms with van der Waals surface area (Å²) in [5.74, 6) is -0.438. The summed E-state index contributed by atoms with van der Waals surface area (Å²) < 4.78 is 0. The van der Waals surface area contributed by atoms with Crippen LogP contribution in [0.15, 0.2) is 30.3 Å². The van der Waals surface area contributed by atoms with Gasteiger partial charge in [-0.2, -0.15) is 0 Å². The Hall–Kier alpha value is -1.87. The van der Waals surface area contributed by atoms with Gasteiger partial charge in [-0.15, -0.1) is 12.4 Å². The predicted octanol–water partition coefficient (Wildman–Crippen LogP) is 0.165. The number of hydrogen-bond acceptors (Lipinski definition) is 5. The van der Waals surface area contributed by atoms with Gasteiger partial charge in [0.05, 0.1) is 18.8 Å². The molecule has 0 aliphatic heterocycles. The molecule has 0 saturated heterocycles. The van der Waals surface area contributed by atoms with E-state index in [1.807, 2.05) is 30.3 Å². The molecule has 0 radical (unpaired) electrons. The van der Waals surface area contributed by atoms with Crippen LogP contribution in [0, 0.1) is 0 Å². The van der Waals surface area contributed by atoms with Gasteiger partial charge < -0.3 is 31.3 Å². The highest BCUT2D eigenvalue weighted by molar-refractivity contribution is 5.85. The van der Waals surface area contributed by atoms with Gasteiger partial charge in [-0.05, 0) is 18.4 Å². The number of aliphatic hydroxyl groups excluding tert-OH is 2. The number of nitrogens with zero attached hydrogens (tertiary/aromatic N) is 1. The number of carbonyl (C=O) groups is 2. The summed E-state index contributed by atoms with van der Waals surface area (Å²) in [5, 5.41) is 29.5. The van der Waals surface area contributed by atoms with Crippen molar-refractivity contribution < 1.29 is 24.9 Å². The fraction of sp³-hybridized carbons (Fsp3) is 0.500. The molecule has 1 aromatic rings. The van der Waals surface area contributed by atoms with E-state index in [-0.39, 0.29) is 32.0 Å². The van der Waals surface area contributed by atoms with Crippen LogP contribution < -0.4 is 11.1 Å². The van der Waals surface area contributed by atoms with Crippen LogP contribution in [0.2, 0.25) is 0 Å². The fourth-order valence-corrected chi connectivity index (χ4v) is 2.09. The molecule has 25 heavy (non-hydrogen) atoms. The van der Waals surface area contributed by atoms with Crippen LogP contribution in [0.1, 0.15) is 18.4 Å². The highest BCUT2D eigenvalue weighted by Crippen LogP contribution is 2.07. The highest BCUT2D eigenvalue weighted by atomic mass is 35.5. The molecule has 0 fully saturated rings.